The largest absolute Gasteiger partial charge is 0.490 e. The Kier molecular flexibility index (Phi) is 8.23. The number of ether oxygens (including phenoxy) is 3. The standard InChI is InChI=1S/C20H30N2O5/c1-4-12-26-17-7-6-15(14-18(17)27-13-5-2)19(23)21-16-8-10-22(11-9-16)20(24)25-3/h6-7,14,16H,4-5,8-13H2,1-3H3,(H,21,23). The number of carbonyl (C=O) groups is 2. The lowest BCUT2D eigenvalue weighted by atomic mass is 10.0. The third-order valence-corrected chi connectivity index (χ3v) is 4.39. The van der Waals surface area contributed by atoms with Crippen LogP contribution in [0.25, 0.3) is 0 Å². The summed E-state index contributed by atoms with van der Waals surface area (Å²) in [7, 11) is 1.38. The van der Waals surface area contributed by atoms with Crippen LogP contribution in [0.2, 0.25) is 0 Å². The number of nitrogens with zero attached hydrogens (tertiary/aromatic N) is 1. The molecular formula is C20H30N2O5. The number of methoxy groups -OCH3 is 1. The molecule has 0 aromatic heterocycles. The van der Waals surface area contributed by atoms with Crippen molar-refractivity contribution in [2.24, 2.45) is 0 Å². The Morgan fingerprint density at radius 1 is 1.07 bits per heavy atom. The first-order valence-corrected chi connectivity index (χ1v) is 9.62. The van der Waals surface area contributed by atoms with E-state index in [1.165, 1.54) is 7.11 Å². The zero-order valence-electron chi connectivity index (χ0n) is 16.5. The van der Waals surface area contributed by atoms with Gasteiger partial charge in [-0.05, 0) is 43.9 Å². The van der Waals surface area contributed by atoms with Crippen molar-refractivity contribution in [1.29, 1.82) is 0 Å². The maximum atomic E-state index is 12.6. The molecule has 7 heteroatoms. The molecule has 0 spiro atoms. The van der Waals surface area contributed by atoms with E-state index in [-0.39, 0.29) is 18.0 Å². The van der Waals surface area contributed by atoms with Gasteiger partial charge >= 0.3 is 6.09 Å². The number of hydrogen-bond donors (Lipinski definition) is 1. The number of piperidine rings is 1. The predicted molar refractivity (Wildman–Crippen MR) is 102 cm³/mol. The highest BCUT2D eigenvalue weighted by Crippen LogP contribution is 2.29. The van der Waals surface area contributed by atoms with E-state index in [9.17, 15) is 9.59 Å². The van der Waals surface area contributed by atoms with Gasteiger partial charge in [0, 0.05) is 24.7 Å². The van der Waals surface area contributed by atoms with Crippen LogP contribution in [-0.2, 0) is 4.74 Å². The lowest BCUT2D eigenvalue weighted by Crippen LogP contribution is -2.46. The first-order valence-electron chi connectivity index (χ1n) is 9.62. The molecule has 1 N–H and O–H groups in total. The van der Waals surface area contributed by atoms with Gasteiger partial charge in [-0.1, -0.05) is 13.8 Å². The van der Waals surface area contributed by atoms with Crippen molar-refractivity contribution in [3.05, 3.63) is 23.8 Å². The van der Waals surface area contributed by atoms with Crippen molar-refractivity contribution >= 4 is 12.0 Å². The van der Waals surface area contributed by atoms with Gasteiger partial charge in [0.1, 0.15) is 0 Å². The lowest BCUT2D eigenvalue weighted by Gasteiger charge is -2.31. The SMILES string of the molecule is CCCOc1ccc(C(=O)NC2CCN(C(=O)OC)CC2)cc1OCCC. The highest BCUT2D eigenvalue weighted by Gasteiger charge is 2.24. The molecule has 0 atom stereocenters. The molecule has 0 radical (unpaired) electrons. The fourth-order valence-electron chi connectivity index (χ4n) is 2.91. The quantitative estimate of drug-likeness (QED) is 0.751. The molecule has 1 aromatic carbocycles. The van der Waals surface area contributed by atoms with Crippen LogP contribution in [-0.4, -0.2) is 56.4 Å². The van der Waals surface area contributed by atoms with E-state index in [0.717, 1.165) is 12.8 Å². The van der Waals surface area contributed by atoms with Crippen molar-refractivity contribution in [2.45, 2.75) is 45.6 Å². The summed E-state index contributed by atoms with van der Waals surface area (Å²) in [5.41, 5.74) is 0.542. The van der Waals surface area contributed by atoms with Gasteiger partial charge in [0.25, 0.3) is 5.91 Å². The molecule has 150 valence electrons. The van der Waals surface area contributed by atoms with Crippen molar-refractivity contribution in [3.63, 3.8) is 0 Å². The van der Waals surface area contributed by atoms with Gasteiger partial charge in [-0.15, -0.1) is 0 Å². The van der Waals surface area contributed by atoms with Gasteiger partial charge in [-0.2, -0.15) is 0 Å². The summed E-state index contributed by atoms with van der Waals surface area (Å²) in [6.45, 7) is 6.40. The summed E-state index contributed by atoms with van der Waals surface area (Å²) < 4.78 is 16.2. The van der Waals surface area contributed by atoms with Crippen LogP contribution in [0.4, 0.5) is 4.79 Å². The molecule has 7 nitrogen and oxygen atoms in total. The molecule has 1 aliphatic heterocycles. The Hall–Kier alpha value is -2.44. The maximum absolute atomic E-state index is 12.6. The first kappa shape index (κ1) is 20.9. The fourth-order valence-corrected chi connectivity index (χ4v) is 2.91. The number of nitrogens with one attached hydrogen (secondary N) is 1. The van der Waals surface area contributed by atoms with Crippen LogP contribution >= 0.6 is 0 Å². The number of amides is 2. The fraction of sp³-hybridized carbons (Fsp3) is 0.600. The second-order valence-electron chi connectivity index (χ2n) is 6.56. The number of benzene rings is 1. The molecule has 0 unspecified atom stereocenters. The van der Waals surface area contributed by atoms with E-state index in [1.807, 2.05) is 13.8 Å². The molecule has 27 heavy (non-hydrogen) atoms. The van der Waals surface area contributed by atoms with E-state index < -0.39 is 0 Å². The number of hydrogen-bond acceptors (Lipinski definition) is 5. The van der Waals surface area contributed by atoms with Crippen molar-refractivity contribution in [3.8, 4) is 11.5 Å². The summed E-state index contributed by atoms with van der Waals surface area (Å²) in [5, 5.41) is 3.04. The molecule has 1 aliphatic rings. The second-order valence-corrected chi connectivity index (χ2v) is 6.56. The van der Waals surface area contributed by atoms with Crippen LogP contribution < -0.4 is 14.8 Å². The zero-order valence-corrected chi connectivity index (χ0v) is 16.5. The normalized spacial score (nSPS) is 14.6. The van der Waals surface area contributed by atoms with Crippen LogP contribution in [0.1, 0.15) is 49.9 Å². The Morgan fingerprint density at radius 2 is 1.70 bits per heavy atom. The summed E-state index contributed by atoms with van der Waals surface area (Å²) in [6, 6.07) is 5.31. The molecule has 2 amide bonds. The Bertz CT molecular complexity index is 627. The average molecular weight is 378 g/mol. The molecule has 1 fully saturated rings. The minimum absolute atomic E-state index is 0.0365. The summed E-state index contributed by atoms with van der Waals surface area (Å²) >= 11 is 0. The predicted octanol–water partition coefficient (Wildman–Crippen LogP) is 3.22. The highest BCUT2D eigenvalue weighted by molar-refractivity contribution is 5.95. The molecule has 0 bridgehead atoms. The van der Waals surface area contributed by atoms with E-state index in [1.54, 1.807) is 23.1 Å². The lowest BCUT2D eigenvalue weighted by molar-refractivity contribution is 0.0891. The third-order valence-electron chi connectivity index (χ3n) is 4.39. The van der Waals surface area contributed by atoms with Gasteiger partial charge in [-0.3, -0.25) is 4.79 Å². The summed E-state index contributed by atoms with van der Waals surface area (Å²) in [6.07, 6.45) is 2.87. The van der Waals surface area contributed by atoms with Gasteiger partial charge in [0.2, 0.25) is 0 Å². The number of carbonyl (C=O) groups excluding carboxylic acids is 2. The molecule has 0 aliphatic carbocycles. The van der Waals surface area contributed by atoms with Crippen molar-refractivity contribution < 1.29 is 23.8 Å². The molecule has 0 saturated carbocycles. The number of rotatable bonds is 8. The van der Waals surface area contributed by atoms with E-state index >= 15 is 0 Å². The Labute approximate surface area is 161 Å². The molecule has 1 aromatic rings. The second kappa shape index (κ2) is 10.6. The first-order chi connectivity index (χ1) is 13.1. The summed E-state index contributed by atoms with van der Waals surface area (Å²) in [4.78, 5) is 25.8. The third kappa shape index (κ3) is 6.05. The van der Waals surface area contributed by atoms with Crippen molar-refractivity contribution in [2.75, 3.05) is 33.4 Å². The monoisotopic (exact) mass is 378 g/mol. The van der Waals surface area contributed by atoms with Crippen LogP contribution in [0, 0.1) is 0 Å². The van der Waals surface area contributed by atoms with Crippen LogP contribution in [0.15, 0.2) is 18.2 Å². The Morgan fingerprint density at radius 3 is 2.30 bits per heavy atom. The minimum atomic E-state index is -0.319. The van der Waals surface area contributed by atoms with Gasteiger partial charge in [0.05, 0.1) is 20.3 Å². The average Bonchev–Trinajstić information content (AvgIpc) is 2.70. The van der Waals surface area contributed by atoms with E-state index in [2.05, 4.69) is 5.32 Å². The van der Waals surface area contributed by atoms with Gasteiger partial charge < -0.3 is 24.4 Å². The topological polar surface area (TPSA) is 77.1 Å². The van der Waals surface area contributed by atoms with Gasteiger partial charge in [0.15, 0.2) is 11.5 Å². The van der Waals surface area contributed by atoms with E-state index in [0.29, 0.717) is 56.2 Å². The highest BCUT2D eigenvalue weighted by atomic mass is 16.5. The summed E-state index contributed by atoms with van der Waals surface area (Å²) in [5.74, 6) is 1.11. The molecule has 1 heterocycles. The molecule has 2 rings (SSSR count). The minimum Gasteiger partial charge on any atom is -0.490 e. The van der Waals surface area contributed by atoms with Crippen LogP contribution in [0.5, 0.6) is 11.5 Å². The maximum Gasteiger partial charge on any atom is 0.409 e. The van der Waals surface area contributed by atoms with Crippen LogP contribution in [0.3, 0.4) is 0 Å². The van der Waals surface area contributed by atoms with Crippen molar-refractivity contribution in [1.82, 2.24) is 10.2 Å². The molecular weight excluding hydrogens is 348 g/mol. The number of likely N-dealkylation sites (tertiary alicyclic amines) is 1. The van der Waals surface area contributed by atoms with E-state index in [4.69, 9.17) is 14.2 Å². The Balaban J connectivity index is 1.98. The zero-order chi connectivity index (χ0) is 19.6. The smallest absolute Gasteiger partial charge is 0.409 e. The molecule has 1 saturated heterocycles. The van der Waals surface area contributed by atoms with Gasteiger partial charge in [-0.25, -0.2) is 4.79 Å².